The van der Waals surface area contributed by atoms with Crippen molar-refractivity contribution in [3.63, 3.8) is 0 Å². The van der Waals surface area contributed by atoms with Crippen LogP contribution in [0.25, 0.3) is 0 Å². The minimum absolute atomic E-state index is 0.795. The third kappa shape index (κ3) is 4.80. The Balaban J connectivity index is 1.53. The lowest BCUT2D eigenvalue weighted by Gasteiger charge is -2.33. The number of hydrogen-bond acceptors (Lipinski definition) is 3. The first-order valence-corrected chi connectivity index (χ1v) is 8.57. The second-order valence-electron chi connectivity index (χ2n) is 5.60. The predicted molar refractivity (Wildman–Crippen MR) is 77.9 cm³/mol. The Kier molecular flexibility index (Phi) is 6.16. The van der Waals surface area contributed by atoms with Crippen molar-refractivity contribution in [3.8, 4) is 0 Å². The maximum absolute atomic E-state index is 3.74. The molecule has 100 valence electrons. The monoisotopic (exact) mass is 256 g/mol. The van der Waals surface area contributed by atoms with Gasteiger partial charge in [0.1, 0.15) is 0 Å². The first-order chi connectivity index (χ1) is 8.36. The summed E-state index contributed by atoms with van der Waals surface area (Å²) in [5.41, 5.74) is 0. The summed E-state index contributed by atoms with van der Waals surface area (Å²) in [6.45, 7) is 6.19. The molecule has 1 N–H and O–H groups in total. The summed E-state index contributed by atoms with van der Waals surface area (Å²) >= 11 is 2.11. The van der Waals surface area contributed by atoms with Crippen LogP contribution in [0.15, 0.2) is 0 Å². The standard InChI is InChI=1S/C14H28N2S/c1-13-12-17-11-10-16(13)9-5-8-15-14-6-3-2-4-7-14/h13-15H,2-12H2,1H3. The van der Waals surface area contributed by atoms with E-state index < -0.39 is 0 Å². The quantitative estimate of drug-likeness (QED) is 0.762. The third-order valence-electron chi connectivity index (χ3n) is 4.17. The Morgan fingerprint density at radius 2 is 2.06 bits per heavy atom. The molecule has 1 saturated heterocycles. The second-order valence-corrected chi connectivity index (χ2v) is 6.75. The first kappa shape index (κ1) is 13.7. The van der Waals surface area contributed by atoms with Crippen molar-refractivity contribution in [3.05, 3.63) is 0 Å². The van der Waals surface area contributed by atoms with E-state index in [2.05, 4.69) is 28.9 Å². The molecule has 0 amide bonds. The van der Waals surface area contributed by atoms with Gasteiger partial charge in [0.15, 0.2) is 0 Å². The molecule has 2 fully saturated rings. The van der Waals surface area contributed by atoms with Gasteiger partial charge in [0, 0.05) is 30.1 Å². The first-order valence-electron chi connectivity index (χ1n) is 7.41. The van der Waals surface area contributed by atoms with E-state index in [0.717, 1.165) is 12.1 Å². The summed E-state index contributed by atoms with van der Waals surface area (Å²) < 4.78 is 0. The molecule has 0 aromatic carbocycles. The van der Waals surface area contributed by atoms with E-state index in [-0.39, 0.29) is 0 Å². The molecule has 1 heterocycles. The van der Waals surface area contributed by atoms with Gasteiger partial charge in [-0.15, -0.1) is 0 Å². The lowest BCUT2D eigenvalue weighted by Crippen LogP contribution is -2.42. The molecule has 2 aliphatic rings. The molecule has 17 heavy (non-hydrogen) atoms. The molecule has 2 rings (SSSR count). The maximum atomic E-state index is 3.74. The van der Waals surface area contributed by atoms with Gasteiger partial charge in [0.2, 0.25) is 0 Å². The molecule has 0 spiro atoms. The molecule has 2 nitrogen and oxygen atoms in total. The molecule has 0 aromatic heterocycles. The fourth-order valence-corrected chi connectivity index (χ4v) is 4.07. The van der Waals surface area contributed by atoms with Crippen molar-refractivity contribution < 1.29 is 0 Å². The van der Waals surface area contributed by atoms with Crippen LogP contribution >= 0.6 is 11.8 Å². The van der Waals surface area contributed by atoms with Crippen molar-refractivity contribution in [1.29, 1.82) is 0 Å². The summed E-state index contributed by atoms with van der Waals surface area (Å²) in [5, 5.41) is 3.74. The molecule has 1 atom stereocenters. The van der Waals surface area contributed by atoms with E-state index in [1.807, 2.05) is 0 Å². The molecule has 1 aliphatic carbocycles. The van der Waals surface area contributed by atoms with Gasteiger partial charge in [0.25, 0.3) is 0 Å². The SMILES string of the molecule is CC1CSCCN1CCCNC1CCCCC1. The van der Waals surface area contributed by atoms with E-state index in [4.69, 9.17) is 0 Å². The zero-order chi connectivity index (χ0) is 11.9. The Hall–Kier alpha value is 0.270. The lowest BCUT2D eigenvalue weighted by atomic mass is 9.95. The van der Waals surface area contributed by atoms with Crippen LogP contribution in [0.4, 0.5) is 0 Å². The molecule has 0 radical (unpaired) electrons. The minimum Gasteiger partial charge on any atom is -0.314 e. The molecule has 0 bridgehead atoms. The van der Waals surface area contributed by atoms with Gasteiger partial charge in [-0.1, -0.05) is 19.3 Å². The molecular weight excluding hydrogens is 228 g/mol. The van der Waals surface area contributed by atoms with Crippen molar-refractivity contribution in [2.75, 3.05) is 31.1 Å². The van der Waals surface area contributed by atoms with Gasteiger partial charge in [-0.2, -0.15) is 11.8 Å². The number of hydrogen-bond donors (Lipinski definition) is 1. The Labute approximate surface area is 111 Å². The van der Waals surface area contributed by atoms with Crippen LogP contribution in [0, 0.1) is 0 Å². The molecule has 3 heteroatoms. The topological polar surface area (TPSA) is 15.3 Å². The highest BCUT2D eigenvalue weighted by Gasteiger charge is 2.18. The van der Waals surface area contributed by atoms with Gasteiger partial charge >= 0.3 is 0 Å². The molecule has 0 aromatic rings. The summed E-state index contributed by atoms with van der Waals surface area (Å²) in [7, 11) is 0. The smallest absolute Gasteiger partial charge is 0.0158 e. The average molecular weight is 256 g/mol. The number of rotatable bonds is 5. The van der Waals surface area contributed by atoms with Crippen LogP contribution in [-0.2, 0) is 0 Å². The van der Waals surface area contributed by atoms with E-state index in [0.29, 0.717) is 0 Å². The highest BCUT2D eigenvalue weighted by atomic mass is 32.2. The fraction of sp³-hybridized carbons (Fsp3) is 1.00. The van der Waals surface area contributed by atoms with Crippen LogP contribution in [0.1, 0.15) is 45.4 Å². The maximum Gasteiger partial charge on any atom is 0.0158 e. The van der Waals surface area contributed by atoms with Crippen LogP contribution in [0.2, 0.25) is 0 Å². The Bertz CT molecular complexity index is 204. The van der Waals surface area contributed by atoms with E-state index >= 15 is 0 Å². The summed E-state index contributed by atoms with van der Waals surface area (Å²) in [4.78, 5) is 2.67. The third-order valence-corrected chi connectivity index (χ3v) is 5.35. The van der Waals surface area contributed by atoms with Crippen LogP contribution < -0.4 is 5.32 Å². The summed E-state index contributed by atoms with van der Waals surface area (Å²) in [5.74, 6) is 2.66. The lowest BCUT2D eigenvalue weighted by molar-refractivity contribution is 0.226. The van der Waals surface area contributed by atoms with Gasteiger partial charge in [0.05, 0.1) is 0 Å². The highest BCUT2D eigenvalue weighted by molar-refractivity contribution is 7.99. The number of nitrogens with zero attached hydrogens (tertiary/aromatic N) is 1. The number of thioether (sulfide) groups is 1. The van der Waals surface area contributed by atoms with Crippen molar-refractivity contribution in [1.82, 2.24) is 10.2 Å². The zero-order valence-corrected chi connectivity index (χ0v) is 12.1. The zero-order valence-electron chi connectivity index (χ0n) is 11.3. The molecule has 1 saturated carbocycles. The van der Waals surface area contributed by atoms with Gasteiger partial charge in [-0.3, -0.25) is 4.90 Å². The van der Waals surface area contributed by atoms with Gasteiger partial charge in [-0.05, 0) is 39.3 Å². The minimum atomic E-state index is 0.795. The van der Waals surface area contributed by atoms with Gasteiger partial charge in [-0.25, -0.2) is 0 Å². The predicted octanol–water partition coefficient (Wildman–Crippen LogP) is 2.74. The Morgan fingerprint density at radius 1 is 1.24 bits per heavy atom. The van der Waals surface area contributed by atoms with E-state index in [9.17, 15) is 0 Å². The van der Waals surface area contributed by atoms with E-state index in [1.165, 1.54) is 69.7 Å². The molecular formula is C14H28N2S. The Morgan fingerprint density at radius 3 is 2.82 bits per heavy atom. The van der Waals surface area contributed by atoms with Crippen molar-refractivity contribution in [2.45, 2.75) is 57.5 Å². The highest BCUT2D eigenvalue weighted by Crippen LogP contribution is 2.18. The van der Waals surface area contributed by atoms with E-state index in [1.54, 1.807) is 0 Å². The summed E-state index contributed by atoms with van der Waals surface area (Å²) in [6, 6.07) is 1.63. The average Bonchev–Trinajstić information content (AvgIpc) is 2.38. The molecule has 1 unspecified atom stereocenters. The second kappa shape index (κ2) is 7.65. The van der Waals surface area contributed by atoms with Gasteiger partial charge < -0.3 is 5.32 Å². The normalized spacial score (nSPS) is 28.4. The fourth-order valence-electron chi connectivity index (χ4n) is 2.99. The largest absolute Gasteiger partial charge is 0.314 e. The van der Waals surface area contributed by atoms with Crippen LogP contribution in [0.3, 0.4) is 0 Å². The van der Waals surface area contributed by atoms with Crippen molar-refractivity contribution in [2.24, 2.45) is 0 Å². The summed E-state index contributed by atoms with van der Waals surface area (Å²) in [6.07, 6.45) is 8.50. The number of nitrogens with one attached hydrogen (secondary N) is 1. The van der Waals surface area contributed by atoms with Crippen molar-refractivity contribution >= 4 is 11.8 Å². The van der Waals surface area contributed by atoms with Crippen LogP contribution in [0.5, 0.6) is 0 Å². The molecule has 1 aliphatic heterocycles. The van der Waals surface area contributed by atoms with Crippen LogP contribution in [-0.4, -0.2) is 48.1 Å².